The van der Waals surface area contributed by atoms with Gasteiger partial charge in [0, 0.05) is 38.2 Å². The smallest absolute Gasteiger partial charge is 0.251 e. The monoisotopic (exact) mass is 257 g/mol. The van der Waals surface area contributed by atoms with Crippen LogP contribution in [0, 0.1) is 0 Å². The number of rotatable bonds is 4. The molecule has 3 heterocycles. The molecule has 0 unspecified atom stereocenters. The van der Waals surface area contributed by atoms with Gasteiger partial charge < -0.3 is 5.73 Å². The highest BCUT2D eigenvalue weighted by atomic mass is 16.1. The zero-order valence-electron chi connectivity index (χ0n) is 10.4. The first-order valence-corrected chi connectivity index (χ1v) is 6.17. The van der Waals surface area contributed by atoms with Crippen LogP contribution in [0.1, 0.15) is 22.0 Å². The van der Waals surface area contributed by atoms with Gasteiger partial charge >= 0.3 is 0 Å². The number of nitrogens with zero attached hydrogens (tertiary/aromatic N) is 4. The average molecular weight is 257 g/mol. The Balaban J connectivity index is 1.56. The van der Waals surface area contributed by atoms with Crippen LogP contribution in [0.15, 0.2) is 36.9 Å². The normalized spacial score (nSPS) is 16.2. The number of nitrogens with two attached hydrogens (primary N) is 1. The number of hydrogen-bond acceptors (Lipinski definition) is 4. The fourth-order valence-electron chi connectivity index (χ4n) is 2.25. The van der Waals surface area contributed by atoms with Crippen molar-refractivity contribution in [3.8, 4) is 0 Å². The van der Waals surface area contributed by atoms with E-state index < -0.39 is 5.91 Å². The SMILES string of the molecule is NC(=O)c1cnn(C2CN(Cc3cccnc3)C2)c1. The highest BCUT2D eigenvalue weighted by Crippen LogP contribution is 2.22. The molecule has 0 bridgehead atoms. The number of likely N-dealkylation sites (tertiary alicyclic amines) is 1. The summed E-state index contributed by atoms with van der Waals surface area (Å²) >= 11 is 0. The Morgan fingerprint density at radius 2 is 2.26 bits per heavy atom. The maximum Gasteiger partial charge on any atom is 0.251 e. The van der Waals surface area contributed by atoms with Crippen LogP contribution in [0.25, 0.3) is 0 Å². The minimum Gasteiger partial charge on any atom is -0.366 e. The van der Waals surface area contributed by atoms with E-state index in [-0.39, 0.29) is 0 Å². The van der Waals surface area contributed by atoms with Gasteiger partial charge in [-0.05, 0) is 11.6 Å². The predicted octanol–water partition coefficient (Wildman–Crippen LogP) is 0.434. The summed E-state index contributed by atoms with van der Waals surface area (Å²) in [6, 6.07) is 4.34. The van der Waals surface area contributed by atoms with Crippen LogP contribution in [0.4, 0.5) is 0 Å². The molecule has 98 valence electrons. The molecular formula is C13H15N5O. The lowest BCUT2D eigenvalue weighted by Gasteiger charge is -2.39. The number of primary amides is 1. The van der Waals surface area contributed by atoms with E-state index >= 15 is 0 Å². The Labute approximate surface area is 110 Å². The molecule has 2 aromatic rings. The molecule has 1 aliphatic heterocycles. The van der Waals surface area contributed by atoms with E-state index in [9.17, 15) is 4.79 Å². The fourth-order valence-corrected chi connectivity index (χ4v) is 2.25. The van der Waals surface area contributed by atoms with Crippen molar-refractivity contribution in [1.82, 2.24) is 19.7 Å². The Morgan fingerprint density at radius 1 is 1.42 bits per heavy atom. The molecule has 1 saturated heterocycles. The molecule has 0 radical (unpaired) electrons. The van der Waals surface area contributed by atoms with Crippen LogP contribution in [0.2, 0.25) is 0 Å². The minimum atomic E-state index is -0.433. The largest absolute Gasteiger partial charge is 0.366 e. The predicted molar refractivity (Wildman–Crippen MR) is 69.3 cm³/mol. The number of carbonyl (C=O) groups is 1. The number of pyridine rings is 1. The van der Waals surface area contributed by atoms with Crippen LogP contribution in [-0.2, 0) is 6.54 Å². The van der Waals surface area contributed by atoms with Crippen molar-refractivity contribution in [1.29, 1.82) is 0 Å². The van der Waals surface area contributed by atoms with Crippen LogP contribution in [0.5, 0.6) is 0 Å². The molecule has 3 rings (SSSR count). The standard InChI is InChI=1S/C13H15N5O/c14-13(19)11-5-16-18(7-11)12-8-17(9-12)6-10-2-1-3-15-4-10/h1-5,7,12H,6,8-9H2,(H2,14,19). The topological polar surface area (TPSA) is 77.0 Å². The van der Waals surface area contributed by atoms with Gasteiger partial charge in [0.1, 0.15) is 0 Å². The molecule has 6 nitrogen and oxygen atoms in total. The van der Waals surface area contributed by atoms with Gasteiger partial charge in [0.25, 0.3) is 5.91 Å². The van der Waals surface area contributed by atoms with Gasteiger partial charge in [0.2, 0.25) is 0 Å². The lowest BCUT2D eigenvalue weighted by Crippen LogP contribution is -2.47. The summed E-state index contributed by atoms with van der Waals surface area (Å²) in [7, 11) is 0. The van der Waals surface area contributed by atoms with E-state index in [1.807, 2.05) is 16.9 Å². The van der Waals surface area contributed by atoms with Crippen molar-refractivity contribution in [3.63, 3.8) is 0 Å². The van der Waals surface area contributed by atoms with E-state index in [1.165, 1.54) is 11.8 Å². The highest BCUT2D eigenvalue weighted by Gasteiger charge is 2.28. The summed E-state index contributed by atoms with van der Waals surface area (Å²) in [5, 5.41) is 4.18. The van der Waals surface area contributed by atoms with Crippen molar-refractivity contribution < 1.29 is 4.79 Å². The third-order valence-electron chi connectivity index (χ3n) is 3.33. The first-order chi connectivity index (χ1) is 9.22. The molecular weight excluding hydrogens is 242 g/mol. The Bertz CT molecular complexity index is 574. The summed E-state index contributed by atoms with van der Waals surface area (Å²) in [5.41, 5.74) is 6.88. The zero-order valence-corrected chi connectivity index (χ0v) is 10.4. The van der Waals surface area contributed by atoms with Gasteiger partial charge in [-0.2, -0.15) is 5.10 Å². The molecule has 1 aliphatic rings. The average Bonchev–Trinajstić information content (AvgIpc) is 2.84. The van der Waals surface area contributed by atoms with Gasteiger partial charge in [-0.3, -0.25) is 19.4 Å². The number of hydrogen-bond donors (Lipinski definition) is 1. The van der Waals surface area contributed by atoms with Gasteiger partial charge in [-0.15, -0.1) is 0 Å². The number of aromatic nitrogens is 3. The van der Waals surface area contributed by atoms with Crippen LogP contribution < -0.4 is 5.73 Å². The second-order valence-electron chi connectivity index (χ2n) is 4.78. The van der Waals surface area contributed by atoms with Crippen LogP contribution >= 0.6 is 0 Å². The molecule has 6 heteroatoms. The van der Waals surface area contributed by atoms with E-state index in [2.05, 4.69) is 21.0 Å². The molecule has 0 spiro atoms. The number of amides is 1. The summed E-state index contributed by atoms with van der Waals surface area (Å²) in [5.74, 6) is -0.433. The molecule has 1 amide bonds. The summed E-state index contributed by atoms with van der Waals surface area (Å²) in [6.45, 7) is 2.75. The Hall–Kier alpha value is -2.21. The molecule has 19 heavy (non-hydrogen) atoms. The molecule has 0 atom stereocenters. The van der Waals surface area contributed by atoms with Crippen LogP contribution in [-0.4, -0.2) is 38.7 Å². The Morgan fingerprint density at radius 3 is 2.89 bits per heavy atom. The minimum absolute atomic E-state index is 0.324. The van der Waals surface area contributed by atoms with Crippen molar-refractivity contribution in [2.45, 2.75) is 12.6 Å². The lowest BCUT2D eigenvalue weighted by molar-refractivity contribution is 0.0905. The molecule has 2 N–H and O–H groups in total. The maximum absolute atomic E-state index is 11.0. The van der Waals surface area contributed by atoms with Crippen molar-refractivity contribution >= 4 is 5.91 Å². The quantitative estimate of drug-likeness (QED) is 0.862. The molecule has 1 fully saturated rings. The van der Waals surface area contributed by atoms with Gasteiger partial charge in [0.05, 0.1) is 17.8 Å². The third-order valence-corrected chi connectivity index (χ3v) is 3.33. The zero-order chi connectivity index (χ0) is 13.2. The van der Waals surface area contributed by atoms with Crippen LogP contribution in [0.3, 0.4) is 0 Å². The van der Waals surface area contributed by atoms with Gasteiger partial charge in [-0.1, -0.05) is 6.07 Å². The van der Waals surface area contributed by atoms with Gasteiger partial charge in [-0.25, -0.2) is 0 Å². The van der Waals surface area contributed by atoms with E-state index in [0.717, 1.165) is 19.6 Å². The molecule has 2 aromatic heterocycles. The van der Waals surface area contributed by atoms with E-state index in [1.54, 1.807) is 12.4 Å². The van der Waals surface area contributed by atoms with E-state index in [0.29, 0.717) is 11.6 Å². The second kappa shape index (κ2) is 4.81. The van der Waals surface area contributed by atoms with Crippen molar-refractivity contribution in [3.05, 3.63) is 48.0 Å². The second-order valence-corrected chi connectivity index (χ2v) is 4.78. The third kappa shape index (κ3) is 2.48. The molecule has 0 saturated carbocycles. The highest BCUT2D eigenvalue weighted by molar-refractivity contribution is 5.92. The van der Waals surface area contributed by atoms with Gasteiger partial charge in [0.15, 0.2) is 0 Å². The molecule has 0 aliphatic carbocycles. The Kier molecular flexibility index (Phi) is 3.00. The summed E-state index contributed by atoms with van der Waals surface area (Å²) in [6.07, 6.45) is 6.89. The summed E-state index contributed by atoms with van der Waals surface area (Å²) < 4.78 is 1.82. The lowest BCUT2D eigenvalue weighted by atomic mass is 10.1. The first-order valence-electron chi connectivity index (χ1n) is 6.17. The fraction of sp³-hybridized carbons (Fsp3) is 0.308. The molecule has 0 aromatic carbocycles. The summed E-state index contributed by atoms with van der Waals surface area (Å²) in [4.78, 5) is 17.4. The van der Waals surface area contributed by atoms with Crippen molar-refractivity contribution in [2.24, 2.45) is 5.73 Å². The van der Waals surface area contributed by atoms with Crippen molar-refractivity contribution in [2.75, 3.05) is 13.1 Å². The first kappa shape index (κ1) is 11.9. The number of carbonyl (C=O) groups excluding carboxylic acids is 1. The maximum atomic E-state index is 11.0. The van der Waals surface area contributed by atoms with E-state index in [4.69, 9.17) is 5.73 Å².